The molecule has 1 aromatic carbocycles. The number of carboxylic acids is 1. The van der Waals surface area contributed by atoms with Gasteiger partial charge in [0.1, 0.15) is 11.4 Å². The van der Waals surface area contributed by atoms with Crippen LogP contribution in [0.2, 0.25) is 0 Å². The molecule has 2 N–H and O–H groups in total. The van der Waals surface area contributed by atoms with Gasteiger partial charge in [0.15, 0.2) is 0 Å². The highest BCUT2D eigenvalue weighted by molar-refractivity contribution is 5.96. The number of carbonyl (C=O) groups is 2. The number of anilines is 1. The topological polar surface area (TPSA) is 88.5 Å². The van der Waals surface area contributed by atoms with Gasteiger partial charge in [0, 0.05) is 11.8 Å². The van der Waals surface area contributed by atoms with Gasteiger partial charge in [-0.15, -0.1) is 0 Å². The number of carboxylic acid groups (broad SMARTS) is 1. The molecule has 0 spiro atoms. The number of rotatable bonds is 3. The highest BCUT2D eigenvalue weighted by atomic mass is 16.6. The normalized spacial score (nSPS) is 10.9. The number of amides is 1. The smallest absolute Gasteiger partial charge is 0.413 e. The van der Waals surface area contributed by atoms with E-state index in [1.54, 1.807) is 51.1 Å². The van der Waals surface area contributed by atoms with Crippen LogP contribution in [0, 0.1) is 0 Å². The van der Waals surface area contributed by atoms with Gasteiger partial charge in [-0.2, -0.15) is 0 Å². The number of aromatic nitrogens is 1. The molecular formula is C17H18N2O4. The van der Waals surface area contributed by atoms with Crippen molar-refractivity contribution in [3.63, 3.8) is 0 Å². The van der Waals surface area contributed by atoms with E-state index in [1.807, 2.05) is 0 Å². The maximum absolute atomic E-state index is 11.7. The number of benzene rings is 1. The Bertz CT molecular complexity index is 718. The summed E-state index contributed by atoms with van der Waals surface area (Å²) in [4.78, 5) is 27.0. The van der Waals surface area contributed by atoms with E-state index in [0.717, 1.165) is 0 Å². The van der Waals surface area contributed by atoms with Crippen molar-refractivity contribution in [1.82, 2.24) is 4.98 Å². The highest BCUT2D eigenvalue weighted by Gasteiger charge is 2.17. The molecule has 2 aromatic rings. The van der Waals surface area contributed by atoms with E-state index >= 15 is 0 Å². The zero-order valence-corrected chi connectivity index (χ0v) is 13.2. The molecule has 0 unspecified atom stereocenters. The molecule has 0 aliphatic rings. The predicted molar refractivity (Wildman–Crippen MR) is 86.5 cm³/mol. The molecule has 1 amide bonds. The van der Waals surface area contributed by atoms with E-state index in [0.29, 0.717) is 16.9 Å². The summed E-state index contributed by atoms with van der Waals surface area (Å²) < 4.78 is 5.14. The number of nitrogens with zero attached hydrogens (tertiary/aromatic N) is 1. The average molecular weight is 314 g/mol. The van der Waals surface area contributed by atoms with Crippen LogP contribution >= 0.6 is 0 Å². The van der Waals surface area contributed by atoms with Gasteiger partial charge in [-0.3, -0.25) is 5.32 Å². The van der Waals surface area contributed by atoms with Gasteiger partial charge in [0.05, 0.1) is 5.56 Å². The van der Waals surface area contributed by atoms with Gasteiger partial charge < -0.3 is 9.84 Å². The second-order valence-corrected chi connectivity index (χ2v) is 5.91. The summed E-state index contributed by atoms with van der Waals surface area (Å²) in [5.74, 6) is -0.674. The highest BCUT2D eigenvalue weighted by Crippen LogP contribution is 2.24. The molecule has 0 saturated heterocycles. The third-order valence-electron chi connectivity index (χ3n) is 2.86. The first-order chi connectivity index (χ1) is 10.8. The van der Waals surface area contributed by atoms with Crippen LogP contribution in [0.5, 0.6) is 0 Å². The van der Waals surface area contributed by atoms with Crippen LogP contribution in [0.25, 0.3) is 11.1 Å². The number of aromatic carboxylic acids is 1. The molecule has 2 rings (SSSR count). The van der Waals surface area contributed by atoms with Crippen molar-refractivity contribution in [1.29, 1.82) is 0 Å². The van der Waals surface area contributed by atoms with Crippen LogP contribution in [0.3, 0.4) is 0 Å². The quantitative estimate of drug-likeness (QED) is 0.899. The van der Waals surface area contributed by atoms with E-state index in [9.17, 15) is 14.7 Å². The van der Waals surface area contributed by atoms with E-state index in [1.165, 1.54) is 12.3 Å². The Kier molecular flexibility index (Phi) is 4.64. The van der Waals surface area contributed by atoms with Gasteiger partial charge in [-0.05, 0) is 44.5 Å². The maximum Gasteiger partial charge on any atom is 0.413 e. The Morgan fingerprint density at radius 1 is 1.13 bits per heavy atom. The van der Waals surface area contributed by atoms with Crippen LogP contribution in [-0.4, -0.2) is 27.8 Å². The molecule has 0 bridgehead atoms. The first kappa shape index (κ1) is 16.5. The summed E-state index contributed by atoms with van der Waals surface area (Å²) in [5, 5.41) is 11.7. The molecule has 6 heteroatoms. The van der Waals surface area contributed by atoms with Crippen LogP contribution < -0.4 is 5.32 Å². The molecule has 0 saturated carbocycles. The summed E-state index contributed by atoms with van der Waals surface area (Å²) in [6.45, 7) is 5.31. The third-order valence-corrected chi connectivity index (χ3v) is 2.86. The average Bonchev–Trinajstić information content (AvgIpc) is 2.46. The molecule has 0 aliphatic heterocycles. The van der Waals surface area contributed by atoms with Crippen LogP contribution in [0.1, 0.15) is 31.1 Å². The van der Waals surface area contributed by atoms with Crippen molar-refractivity contribution in [3.05, 3.63) is 48.2 Å². The van der Waals surface area contributed by atoms with Crippen molar-refractivity contribution in [3.8, 4) is 11.1 Å². The fourth-order valence-electron chi connectivity index (χ4n) is 1.96. The van der Waals surface area contributed by atoms with Gasteiger partial charge in [-0.25, -0.2) is 14.6 Å². The van der Waals surface area contributed by atoms with E-state index in [4.69, 9.17) is 4.74 Å². The number of hydrogen-bond acceptors (Lipinski definition) is 4. The lowest BCUT2D eigenvalue weighted by Gasteiger charge is -2.19. The first-order valence-corrected chi connectivity index (χ1v) is 7.05. The Morgan fingerprint density at radius 3 is 2.39 bits per heavy atom. The van der Waals surface area contributed by atoms with Crippen molar-refractivity contribution in [2.24, 2.45) is 0 Å². The molecule has 6 nitrogen and oxygen atoms in total. The lowest BCUT2D eigenvalue weighted by molar-refractivity contribution is 0.0633. The summed E-state index contributed by atoms with van der Waals surface area (Å²) >= 11 is 0. The zero-order chi connectivity index (χ0) is 17.0. The molecule has 0 aliphatic carbocycles. The van der Waals surface area contributed by atoms with Gasteiger partial charge >= 0.3 is 12.1 Å². The van der Waals surface area contributed by atoms with Gasteiger partial charge in [-0.1, -0.05) is 18.2 Å². The number of hydrogen-bond donors (Lipinski definition) is 2. The fourth-order valence-corrected chi connectivity index (χ4v) is 1.96. The summed E-state index contributed by atoms with van der Waals surface area (Å²) in [5.41, 5.74) is 0.820. The second kappa shape index (κ2) is 6.48. The molecule has 0 atom stereocenters. The molecule has 0 radical (unpaired) electrons. The minimum atomic E-state index is -1.00. The Hall–Kier alpha value is -2.89. The van der Waals surface area contributed by atoms with Crippen molar-refractivity contribution in [2.75, 3.05) is 5.32 Å². The van der Waals surface area contributed by atoms with Crippen molar-refractivity contribution in [2.45, 2.75) is 26.4 Å². The molecular weight excluding hydrogens is 296 g/mol. The van der Waals surface area contributed by atoms with Crippen molar-refractivity contribution >= 4 is 17.9 Å². The number of nitrogens with one attached hydrogen (secondary N) is 1. The van der Waals surface area contributed by atoms with E-state index < -0.39 is 17.7 Å². The molecule has 0 fully saturated rings. The minimum absolute atomic E-state index is 0.196. The van der Waals surface area contributed by atoms with Crippen molar-refractivity contribution < 1.29 is 19.4 Å². The minimum Gasteiger partial charge on any atom is -0.478 e. The van der Waals surface area contributed by atoms with Gasteiger partial charge in [0.25, 0.3) is 0 Å². The first-order valence-electron chi connectivity index (χ1n) is 7.05. The van der Waals surface area contributed by atoms with Crippen LogP contribution in [0.15, 0.2) is 42.6 Å². The number of ether oxygens (including phenoxy) is 1. The van der Waals surface area contributed by atoms with Crippen LogP contribution in [-0.2, 0) is 4.74 Å². The monoisotopic (exact) mass is 314 g/mol. The SMILES string of the molecule is CC(C)(C)OC(=O)Nc1ccc(-c2ccccc2C(=O)O)cn1. The summed E-state index contributed by atoms with van der Waals surface area (Å²) in [7, 11) is 0. The maximum atomic E-state index is 11.7. The standard InChI is InChI=1S/C17H18N2O4/c1-17(2,3)23-16(22)19-14-9-8-11(10-18-14)12-6-4-5-7-13(12)15(20)21/h4-10H,1-3H3,(H,20,21)(H,18,19,22). The summed E-state index contributed by atoms with van der Waals surface area (Å²) in [6, 6.07) is 9.96. The molecule has 1 aromatic heterocycles. The van der Waals surface area contributed by atoms with E-state index in [-0.39, 0.29) is 5.56 Å². The Morgan fingerprint density at radius 2 is 1.83 bits per heavy atom. The molecule has 23 heavy (non-hydrogen) atoms. The zero-order valence-electron chi connectivity index (χ0n) is 13.2. The molecule has 1 heterocycles. The second-order valence-electron chi connectivity index (χ2n) is 5.91. The lowest BCUT2D eigenvalue weighted by atomic mass is 10.0. The number of pyridine rings is 1. The lowest BCUT2D eigenvalue weighted by Crippen LogP contribution is -2.27. The molecule has 120 valence electrons. The van der Waals surface area contributed by atoms with Gasteiger partial charge in [0.2, 0.25) is 0 Å². The van der Waals surface area contributed by atoms with E-state index in [2.05, 4.69) is 10.3 Å². The summed E-state index contributed by atoms with van der Waals surface area (Å²) in [6.07, 6.45) is 0.915. The Labute approximate surface area is 134 Å². The largest absolute Gasteiger partial charge is 0.478 e. The fraction of sp³-hybridized carbons (Fsp3) is 0.235. The van der Waals surface area contributed by atoms with Crippen LogP contribution in [0.4, 0.5) is 10.6 Å². The Balaban J connectivity index is 2.18. The predicted octanol–water partition coefficient (Wildman–Crippen LogP) is 3.79. The third kappa shape index (κ3) is 4.54. The number of carbonyl (C=O) groups excluding carboxylic acids is 1.